The van der Waals surface area contributed by atoms with Crippen LogP contribution in [0.4, 0.5) is 0 Å². The molecule has 2 rings (SSSR count). The van der Waals surface area contributed by atoms with E-state index in [0.717, 1.165) is 0 Å². The van der Waals surface area contributed by atoms with Gasteiger partial charge in [0, 0.05) is 12.6 Å². The molecule has 0 aliphatic rings. The number of amides is 1. The number of carbonyl (C=O) groups is 1. The molecule has 0 aliphatic heterocycles. The highest BCUT2D eigenvalue weighted by atomic mass is 35.5. The molecule has 0 saturated carbocycles. The number of hydrogen-bond donors (Lipinski definition) is 0. The van der Waals surface area contributed by atoms with Gasteiger partial charge in [-0.15, -0.1) is 0 Å². The predicted molar refractivity (Wildman–Crippen MR) is 92.8 cm³/mol. The summed E-state index contributed by atoms with van der Waals surface area (Å²) in [5, 5.41) is 0.352. The van der Waals surface area contributed by atoms with Crippen LogP contribution in [0.25, 0.3) is 0 Å². The molecule has 130 valence electrons. The Hall–Kier alpha value is -2.14. The number of rotatable bonds is 7. The maximum absolute atomic E-state index is 12.6. The van der Waals surface area contributed by atoms with Crippen molar-refractivity contribution in [2.75, 3.05) is 20.8 Å². The summed E-state index contributed by atoms with van der Waals surface area (Å²) in [6.45, 7) is 4.98. The molecule has 0 bridgehead atoms. The Morgan fingerprint density at radius 1 is 1.38 bits per heavy atom. The maximum Gasteiger partial charge on any atom is 0.254 e. The van der Waals surface area contributed by atoms with Crippen LogP contribution in [0.5, 0.6) is 11.5 Å². The number of nitrogens with zero attached hydrogens (tertiary/aromatic N) is 1. The molecular formula is C18H22ClNO4. The summed E-state index contributed by atoms with van der Waals surface area (Å²) < 4.78 is 16.3. The zero-order valence-electron chi connectivity index (χ0n) is 14.3. The number of furan rings is 1. The smallest absolute Gasteiger partial charge is 0.254 e. The van der Waals surface area contributed by atoms with Gasteiger partial charge >= 0.3 is 0 Å². The standard InChI is InChI=1S/C18H22ClNO4/c1-12(2)11-24-17-15(19)8-13(9-16(17)22-4)18(21)20(3)10-14-6-5-7-23-14/h5-9,12H,10-11H2,1-4H3. The predicted octanol–water partition coefficient (Wildman–Crippen LogP) is 4.25. The zero-order chi connectivity index (χ0) is 17.7. The van der Waals surface area contributed by atoms with Crippen LogP contribution >= 0.6 is 11.6 Å². The van der Waals surface area contributed by atoms with Crippen LogP contribution < -0.4 is 9.47 Å². The number of ether oxygens (including phenoxy) is 2. The van der Waals surface area contributed by atoms with Crippen molar-refractivity contribution in [3.63, 3.8) is 0 Å². The van der Waals surface area contributed by atoms with Gasteiger partial charge in [-0.25, -0.2) is 0 Å². The van der Waals surface area contributed by atoms with Crippen LogP contribution in [0.1, 0.15) is 30.0 Å². The first kappa shape index (κ1) is 18.2. The summed E-state index contributed by atoms with van der Waals surface area (Å²) in [7, 11) is 3.23. The molecule has 6 heteroatoms. The van der Waals surface area contributed by atoms with Crippen molar-refractivity contribution in [1.82, 2.24) is 4.90 Å². The lowest BCUT2D eigenvalue weighted by molar-refractivity contribution is 0.0775. The number of benzene rings is 1. The molecule has 0 spiro atoms. The average Bonchev–Trinajstić information content (AvgIpc) is 3.04. The summed E-state index contributed by atoms with van der Waals surface area (Å²) in [5.74, 6) is 1.78. The first-order valence-electron chi connectivity index (χ1n) is 7.70. The molecule has 0 fully saturated rings. The highest BCUT2D eigenvalue weighted by Gasteiger charge is 2.19. The largest absolute Gasteiger partial charge is 0.493 e. The van der Waals surface area contributed by atoms with Crippen LogP contribution in [0.2, 0.25) is 5.02 Å². The molecule has 24 heavy (non-hydrogen) atoms. The van der Waals surface area contributed by atoms with Crippen LogP contribution in [-0.2, 0) is 6.54 Å². The molecule has 1 amide bonds. The van der Waals surface area contributed by atoms with Gasteiger partial charge in [0.1, 0.15) is 5.76 Å². The van der Waals surface area contributed by atoms with Crippen LogP contribution in [0.3, 0.4) is 0 Å². The van der Waals surface area contributed by atoms with Gasteiger partial charge in [0.25, 0.3) is 5.91 Å². The fourth-order valence-electron chi connectivity index (χ4n) is 2.16. The third kappa shape index (κ3) is 4.45. The molecule has 1 aromatic carbocycles. The second kappa shape index (κ2) is 8.11. The lowest BCUT2D eigenvalue weighted by Crippen LogP contribution is -2.26. The third-order valence-corrected chi connectivity index (χ3v) is 3.64. The van der Waals surface area contributed by atoms with E-state index in [0.29, 0.717) is 46.9 Å². The van der Waals surface area contributed by atoms with Gasteiger partial charge in [-0.05, 0) is 30.2 Å². The van der Waals surface area contributed by atoms with Crippen molar-refractivity contribution < 1.29 is 18.7 Å². The fourth-order valence-corrected chi connectivity index (χ4v) is 2.43. The van der Waals surface area contributed by atoms with Gasteiger partial charge in [-0.2, -0.15) is 0 Å². The molecule has 1 heterocycles. The molecule has 0 atom stereocenters. The van der Waals surface area contributed by atoms with Crippen LogP contribution in [-0.4, -0.2) is 31.6 Å². The highest BCUT2D eigenvalue weighted by molar-refractivity contribution is 6.32. The highest BCUT2D eigenvalue weighted by Crippen LogP contribution is 2.37. The lowest BCUT2D eigenvalue weighted by Gasteiger charge is -2.18. The van der Waals surface area contributed by atoms with Crippen molar-refractivity contribution in [2.45, 2.75) is 20.4 Å². The van der Waals surface area contributed by atoms with Gasteiger partial charge in [-0.3, -0.25) is 4.79 Å². The molecule has 5 nitrogen and oxygen atoms in total. The fraction of sp³-hybridized carbons (Fsp3) is 0.389. The molecule has 0 aliphatic carbocycles. The van der Waals surface area contributed by atoms with E-state index in [9.17, 15) is 4.79 Å². The summed E-state index contributed by atoms with van der Waals surface area (Å²) >= 11 is 6.29. The van der Waals surface area contributed by atoms with Crippen molar-refractivity contribution >= 4 is 17.5 Å². The van der Waals surface area contributed by atoms with E-state index >= 15 is 0 Å². The molecule has 2 aromatic rings. The van der Waals surface area contributed by atoms with E-state index in [4.69, 9.17) is 25.5 Å². The number of hydrogen-bond acceptors (Lipinski definition) is 4. The maximum atomic E-state index is 12.6. The zero-order valence-corrected chi connectivity index (χ0v) is 15.1. The molecule has 0 unspecified atom stereocenters. The monoisotopic (exact) mass is 351 g/mol. The molecule has 0 saturated heterocycles. The summed E-state index contributed by atoms with van der Waals surface area (Å²) in [6.07, 6.45) is 1.58. The Morgan fingerprint density at radius 2 is 2.12 bits per heavy atom. The van der Waals surface area contributed by atoms with E-state index in [1.807, 2.05) is 19.9 Å². The quantitative estimate of drug-likeness (QED) is 0.748. The van der Waals surface area contributed by atoms with E-state index in [2.05, 4.69) is 0 Å². The van der Waals surface area contributed by atoms with E-state index in [1.54, 1.807) is 36.4 Å². The molecule has 0 radical (unpaired) electrons. The Kier molecular flexibility index (Phi) is 6.15. The summed E-state index contributed by atoms with van der Waals surface area (Å²) in [4.78, 5) is 14.2. The first-order chi connectivity index (χ1) is 11.4. The molecule has 1 aromatic heterocycles. The third-order valence-electron chi connectivity index (χ3n) is 3.36. The van der Waals surface area contributed by atoms with E-state index in [1.165, 1.54) is 7.11 Å². The van der Waals surface area contributed by atoms with Gasteiger partial charge < -0.3 is 18.8 Å². The average molecular weight is 352 g/mol. The lowest BCUT2D eigenvalue weighted by atomic mass is 10.1. The van der Waals surface area contributed by atoms with Crippen LogP contribution in [0.15, 0.2) is 34.9 Å². The van der Waals surface area contributed by atoms with Gasteiger partial charge in [0.05, 0.1) is 31.5 Å². The van der Waals surface area contributed by atoms with Crippen LogP contribution in [0, 0.1) is 5.92 Å². The van der Waals surface area contributed by atoms with Gasteiger partial charge in [-0.1, -0.05) is 25.4 Å². The number of carbonyl (C=O) groups excluding carboxylic acids is 1. The summed E-state index contributed by atoms with van der Waals surface area (Å²) in [5.41, 5.74) is 0.433. The SMILES string of the molecule is COc1cc(C(=O)N(C)Cc2ccco2)cc(Cl)c1OCC(C)C. The van der Waals surface area contributed by atoms with E-state index in [-0.39, 0.29) is 5.91 Å². The minimum absolute atomic E-state index is 0.179. The Morgan fingerprint density at radius 3 is 2.71 bits per heavy atom. The number of methoxy groups -OCH3 is 1. The second-order valence-corrected chi connectivity index (χ2v) is 6.34. The van der Waals surface area contributed by atoms with Crippen molar-refractivity contribution in [3.8, 4) is 11.5 Å². The number of halogens is 1. The minimum atomic E-state index is -0.179. The van der Waals surface area contributed by atoms with Gasteiger partial charge in [0.2, 0.25) is 0 Å². The normalized spacial score (nSPS) is 10.8. The minimum Gasteiger partial charge on any atom is -0.493 e. The Balaban J connectivity index is 2.20. The Bertz CT molecular complexity index is 683. The Labute approximate surface area is 147 Å². The van der Waals surface area contributed by atoms with E-state index < -0.39 is 0 Å². The van der Waals surface area contributed by atoms with Gasteiger partial charge in [0.15, 0.2) is 11.5 Å². The topological polar surface area (TPSA) is 51.9 Å². The van der Waals surface area contributed by atoms with Crippen molar-refractivity contribution in [3.05, 3.63) is 46.9 Å². The summed E-state index contributed by atoms with van der Waals surface area (Å²) in [6, 6.07) is 6.85. The molecular weight excluding hydrogens is 330 g/mol. The van der Waals surface area contributed by atoms with Crippen molar-refractivity contribution in [2.24, 2.45) is 5.92 Å². The van der Waals surface area contributed by atoms with Crippen molar-refractivity contribution in [1.29, 1.82) is 0 Å². The molecule has 0 N–H and O–H groups in total. The first-order valence-corrected chi connectivity index (χ1v) is 8.08. The second-order valence-electron chi connectivity index (χ2n) is 5.93.